The normalized spacial score (nSPS) is 16.9. The Labute approximate surface area is 304 Å². The molecule has 4 aromatic carbocycles. The van der Waals surface area contributed by atoms with Gasteiger partial charge in [-0.25, -0.2) is 9.97 Å². The van der Waals surface area contributed by atoms with Crippen molar-refractivity contribution >= 4 is 23.6 Å². The van der Waals surface area contributed by atoms with E-state index in [1.165, 1.54) is 0 Å². The van der Waals surface area contributed by atoms with E-state index < -0.39 is 11.8 Å². The van der Waals surface area contributed by atoms with Gasteiger partial charge in [0.05, 0.1) is 47.3 Å². The van der Waals surface area contributed by atoms with Crippen LogP contribution in [0.25, 0.3) is 11.3 Å². The lowest BCUT2D eigenvalue weighted by Crippen LogP contribution is -2.23. The summed E-state index contributed by atoms with van der Waals surface area (Å²) in [7, 11) is 0. The molecule has 2 atom stereocenters. The van der Waals surface area contributed by atoms with E-state index in [9.17, 15) is 24.3 Å². The summed E-state index contributed by atoms with van der Waals surface area (Å²) in [5.41, 5.74) is 6.21. The van der Waals surface area contributed by atoms with Crippen LogP contribution in [0, 0.1) is 0 Å². The molecule has 0 radical (unpaired) electrons. The summed E-state index contributed by atoms with van der Waals surface area (Å²) in [6.45, 7) is 0.767. The monoisotopic (exact) mass is 706 g/mol. The van der Waals surface area contributed by atoms with Crippen LogP contribution in [0.3, 0.4) is 0 Å². The van der Waals surface area contributed by atoms with Crippen LogP contribution >= 0.6 is 0 Å². The molecular formula is C41H34N6O6. The van der Waals surface area contributed by atoms with Gasteiger partial charge in [0.2, 0.25) is 23.6 Å². The summed E-state index contributed by atoms with van der Waals surface area (Å²) in [4.78, 5) is 59.4. The fourth-order valence-electron chi connectivity index (χ4n) is 7.11. The van der Waals surface area contributed by atoms with Crippen molar-refractivity contribution in [2.75, 3.05) is 0 Å². The second-order valence-corrected chi connectivity index (χ2v) is 13.3. The molecule has 4 heterocycles. The number of imidazole rings is 2. The van der Waals surface area contributed by atoms with Gasteiger partial charge in [0, 0.05) is 37.9 Å². The van der Waals surface area contributed by atoms with E-state index >= 15 is 0 Å². The van der Waals surface area contributed by atoms with Crippen LogP contribution in [-0.2, 0) is 38.7 Å². The summed E-state index contributed by atoms with van der Waals surface area (Å²) < 4.78 is 10.0. The zero-order chi connectivity index (χ0) is 36.5. The molecule has 8 rings (SSSR count). The van der Waals surface area contributed by atoms with Gasteiger partial charge in [-0.15, -0.1) is 0 Å². The number of carbonyl (C=O) groups is 4. The number of nitrogens with one attached hydrogen (secondary N) is 2. The lowest BCUT2D eigenvalue weighted by atomic mass is 9.98. The predicted molar refractivity (Wildman–Crippen MR) is 193 cm³/mol. The van der Waals surface area contributed by atoms with E-state index in [4.69, 9.17) is 4.74 Å². The Hall–Kier alpha value is -6.82. The number of phenols is 1. The van der Waals surface area contributed by atoms with Crippen molar-refractivity contribution in [2.24, 2.45) is 0 Å². The highest BCUT2D eigenvalue weighted by Crippen LogP contribution is 2.35. The Morgan fingerprint density at radius 2 is 1.25 bits per heavy atom. The fraction of sp³-hybridized carbons (Fsp3) is 0.171. The van der Waals surface area contributed by atoms with Crippen LogP contribution in [0.15, 0.2) is 116 Å². The molecule has 2 saturated heterocycles. The van der Waals surface area contributed by atoms with Crippen LogP contribution in [0.2, 0.25) is 0 Å². The minimum absolute atomic E-state index is 0.0238. The first-order valence-corrected chi connectivity index (χ1v) is 17.2. The van der Waals surface area contributed by atoms with Crippen molar-refractivity contribution in [3.63, 3.8) is 0 Å². The van der Waals surface area contributed by atoms with E-state index in [1.54, 1.807) is 30.9 Å². The van der Waals surface area contributed by atoms with Gasteiger partial charge in [0.25, 0.3) is 0 Å². The first kappa shape index (κ1) is 33.3. The maximum atomic E-state index is 12.8. The van der Waals surface area contributed by atoms with E-state index in [0.29, 0.717) is 42.4 Å². The predicted octanol–water partition coefficient (Wildman–Crippen LogP) is 5.19. The van der Waals surface area contributed by atoms with Crippen molar-refractivity contribution < 1.29 is 29.0 Å². The Morgan fingerprint density at radius 1 is 0.642 bits per heavy atom. The average molecular weight is 707 g/mol. The molecule has 2 fully saturated rings. The number of ether oxygens (including phenoxy) is 1. The van der Waals surface area contributed by atoms with Gasteiger partial charge < -0.3 is 19.0 Å². The second-order valence-electron chi connectivity index (χ2n) is 13.3. The van der Waals surface area contributed by atoms with E-state index in [-0.39, 0.29) is 42.2 Å². The highest BCUT2D eigenvalue weighted by molar-refractivity contribution is 6.07. The molecule has 12 nitrogen and oxygen atoms in total. The highest BCUT2D eigenvalue weighted by Gasteiger charge is 2.37. The van der Waals surface area contributed by atoms with Crippen molar-refractivity contribution in [3.05, 3.63) is 150 Å². The highest BCUT2D eigenvalue weighted by atomic mass is 16.5. The van der Waals surface area contributed by atoms with Gasteiger partial charge in [0.1, 0.15) is 17.2 Å². The summed E-state index contributed by atoms with van der Waals surface area (Å²) >= 11 is 0. The number of aromatic nitrogens is 4. The Morgan fingerprint density at radius 3 is 1.91 bits per heavy atom. The zero-order valence-electron chi connectivity index (χ0n) is 28.4. The number of imide groups is 2. The van der Waals surface area contributed by atoms with Gasteiger partial charge in [-0.2, -0.15) is 0 Å². The minimum atomic E-state index is -0.704. The summed E-state index contributed by atoms with van der Waals surface area (Å²) in [5.74, 6) is -1.33. The van der Waals surface area contributed by atoms with Gasteiger partial charge in [-0.1, -0.05) is 54.6 Å². The standard InChI is InChI=1S/C41H34N6O6/c48-29-10-4-8-26(16-29)21-47-24-43-37(39(47)33-20-36(50)45-41(33)52)28-12-14-30(15-13-28)53-31-11-5-9-27(17-31)22-46-23-42-34(18-25-6-2-1-3-7-25)38(46)32-19-35(49)44-40(32)51/h1-17,23-24,32-33,48H,18-22H2,(H,44,49,51)(H,45,50,52). The lowest BCUT2D eigenvalue weighted by molar-refractivity contribution is -0.126. The zero-order valence-corrected chi connectivity index (χ0v) is 28.4. The first-order valence-electron chi connectivity index (χ1n) is 17.2. The fourth-order valence-corrected chi connectivity index (χ4v) is 7.11. The smallest absolute Gasteiger partial charge is 0.236 e. The number of phenolic OH excluding ortho intramolecular Hbond substituents is 1. The van der Waals surface area contributed by atoms with E-state index in [0.717, 1.165) is 33.6 Å². The molecule has 0 aliphatic carbocycles. The Bertz CT molecular complexity index is 2360. The number of hydrogen-bond donors (Lipinski definition) is 3. The number of carbonyl (C=O) groups excluding carboxylic acids is 4. The maximum Gasteiger partial charge on any atom is 0.236 e. The third kappa shape index (κ3) is 7.07. The Kier molecular flexibility index (Phi) is 8.85. The first-order chi connectivity index (χ1) is 25.8. The van der Waals surface area contributed by atoms with Gasteiger partial charge in [-0.3, -0.25) is 29.8 Å². The molecule has 6 aromatic rings. The lowest BCUT2D eigenvalue weighted by Gasteiger charge is -2.15. The van der Waals surface area contributed by atoms with E-state index in [1.807, 2.05) is 94.1 Å². The van der Waals surface area contributed by atoms with Gasteiger partial charge in [0.15, 0.2) is 0 Å². The van der Waals surface area contributed by atoms with Crippen LogP contribution < -0.4 is 15.4 Å². The molecule has 0 spiro atoms. The molecule has 2 unspecified atom stereocenters. The van der Waals surface area contributed by atoms with Crippen LogP contribution in [0.1, 0.15) is 58.4 Å². The molecule has 12 heteroatoms. The number of nitrogens with zero attached hydrogens (tertiary/aromatic N) is 4. The summed E-state index contributed by atoms with van der Waals surface area (Å²) in [5, 5.41) is 14.8. The van der Waals surface area contributed by atoms with Crippen molar-refractivity contribution in [2.45, 2.75) is 44.2 Å². The topological polar surface area (TPSA) is 157 Å². The number of hydrogen-bond acceptors (Lipinski definition) is 8. The quantitative estimate of drug-likeness (QED) is 0.155. The number of aromatic hydroxyl groups is 1. The largest absolute Gasteiger partial charge is 0.508 e. The van der Waals surface area contributed by atoms with Crippen LogP contribution in [0.4, 0.5) is 0 Å². The third-order valence-electron chi connectivity index (χ3n) is 9.53. The number of amides is 4. The molecule has 0 saturated carbocycles. The van der Waals surface area contributed by atoms with Gasteiger partial charge >= 0.3 is 0 Å². The van der Waals surface area contributed by atoms with Crippen molar-refractivity contribution in [1.82, 2.24) is 29.7 Å². The summed E-state index contributed by atoms with van der Waals surface area (Å²) in [6.07, 6.45) is 4.01. The maximum absolute atomic E-state index is 12.8. The molecule has 2 aliphatic rings. The molecule has 53 heavy (non-hydrogen) atoms. The van der Waals surface area contributed by atoms with Gasteiger partial charge in [-0.05, 0) is 65.2 Å². The molecule has 264 valence electrons. The molecule has 3 N–H and O–H groups in total. The van der Waals surface area contributed by atoms with Crippen molar-refractivity contribution in [3.8, 4) is 28.5 Å². The number of rotatable bonds is 11. The second kappa shape index (κ2) is 14.1. The van der Waals surface area contributed by atoms with Crippen molar-refractivity contribution in [1.29, 1.82) is 0 Å². The van der Waals surface area contributed by atoms with Crippen LogP contribution in [0.5, 0.6) is 17.2 Å². The Balaban J connectivity index is 1.03. The minimum Gasteiger partial charge on any atom is -0.508 e. The summed E-state index contributed by atoms with van der Waals surface area (Å²) in [6, 6.07) is 31.7. The molecule has 2 aromatic heterocycles. The third-order valence-corrected chi connectivity index (χ3v) is 9.53. The molecule has 0 bridgehead atoms. The SMILES string of the molecule is O=C1CC(c2c(Cc3ccccc3)ncn2Cc2cccc(Oc3ccc(-c4ncn(Cc5cccc(O)c5)c4C4CC(=O)NC4=O)cc3)c2)C(=O)N1. The number of benzene rings is 4. The average Bonchev–Trinajstić information content (AvgIpc) is 3.90. The molecular weight excluding hydrogens is 672 g/mol. The molecule has 2 aliphatic heterocycles. The van der Waals surface area contributed by atoms with E-state index in [2.05, 4.69) is 20.6 Å². The molecule has 4 amide bonds. The van der Waals surface area contributed by atoms with Crippen LogP contribution in [-0.4, -0.2) is 47.8 Å².